The highest BCUT2D eigenvalue weighted by Crippen LogP contribution is 2.24. The molecule has 0 saturated heterocycles. The summed E-state index contributed by atoms with van der Waals surface area (Å²) in [5, 5.41) is 2.63. The van der Waals surface area contributed by atoms with Gasteiger partial charge >= 0.3 is 0 Å². The van der Waals surface area contributed by atoms with E-state index in [1.54, 1.807) is 0 Å². The third-order valence-electron chi connectivity index (χ3n) is 1.46. The second-order valence-corrected chi connectivity index (χ2v) is 3.62. The molecule has 0 unspecified atom stereocenters. The molecule has 70 valence electrons. The van der Waals surface area contributed by atoms with Gasteiger partial charge in [0.1, 0.15) is 5.82 Å². The van der Waals surface area contributed by atoms with E-state index in [1.165, 1.54) is 19.2 Å². The summed E-state index contributed by atoms with van der Waals surface area (Å²) >= 11 is 8.60. The summed E-state index contributed by atoms with van der Waals surface area (Å²) in [5.41, 5.74) is -0.0677. The fourth-order valence-corrected chi connectivity index (χ4v) is 1.67. The van der Waals surface area contributed by atoms with Gasteiger partial charge in [0.25, 0.3) is 5.91 Å². The van der Waals surface area contributed by atoms with Crippen molar-refractivity contribution in [2.75, 3.05) is 7.05 Å². The molecule has 0 radical (unpaired) electrons. The maximum Gasteiger partial charge on any atom is 0.254 e. The van der Waals surface area contributed by atoms with Crippen LogP contribution in [0.1, 0.15) is 10.4 Å². The zero-order chi connectivity index (χ0) is 10.0. The Balaban J connectivity index is 3.28. The molecule has 1 N–H and O–H groups in total. The standard InChI is InChI=1S/C8H6BrClFNO/c1-12-8(13)5-2-4(10)3-6(9)7(5)11/h2-3H,1H3,(H,12,13). The number of rotatable bonds is 1. The van der Waals surface area contributed by atoms with Gasteiger partial charge in [0.15, 0.2) is 0 Å². The number of carbonyl (C=O) groups is 1. The number of amides is 1. The van der Waals surface area contributed by atoms with Crippen molar-refractivity contribution in [1.29, 1.82) is 0 Å². The second kappa shape index (κ2) is 4.07. The number of halogens is 3. The Morgan fingerprint density at radius 2 is 2.23 bits per heavy atom. The van der Waals surface area contributed by atoms with Crippen molar-refractivity contribution in [3.63, 3.8) is 0 Å². The maximum atomic E-state index is 13.3. The van der Waals surface area contributed by atoms with Crippen molar-refractivity contribution in [2.24, 2.45) is 0 Å². The van der Waals surface area contributed by atoms with Crippen molar-refractivity contribution in [3.05, 3.63) is 33.0 Å². The minimum Gasteiger partial charge on any atom is -0.355 e. The van der Waals surface area contributed by atoms with Gasteiger partial charge in [0.2, 0.25) is 0 Å². The molecule has 1 rings (SSSR count). The topological polar surface area (TPSA) is 29.1 Å². The van der Waals surface area contributed by atoms with Crippen LogP contribution < -0.4 is 5.32 Å². The van der Waals surface area contributed by atoms with E-state index in [0.717, 1.165) is 0 Å². The van der Waals surface area contributed by atoms with Crippen LogP contribution in [0.4, 0.5) is 4.39 Å². The molecule has 0 atom stereocenters. The monoisotopic (exact) mass is 265 g/mol. The quantitative estimate of drug-likeness (QED) is 0.778. The molecule has 0 aliphatic rings. The van der Waals surface area contributed by atoms with E-state index in [2.05, 4.69) is 21.2 Å². The summed E-state index contributed by atoms with van der Waals surface area (Å²) in [4.78, 5) is 11.1. The van der Waals surface area contributed by atoms with Crippen LogP contribution in [0, 0.1) is 5.82 Å². The molecule has 0 fully saturated rings. The first-order valence-corrected chi connectivity index (χ1v) is 4.60. The average Bonchev–Trinajstić information content (AvgIpc) is 2.10. The van der Waals surface area contributed by atoms with Gasteiger partial charge in [-0.05, 0) is 28.1 Å². The Labute approximate surface area is 88.2 Å². The third-order valence-corrected chi connectivity index (χ3v) is 2.26. The van der Waals surface area contributed by atoms with E-state index in [9.17, 15) is 9.18 Å². The van der Waals surface area contributed by atoms with Crippen molar-refractivity contribution in [1.82, 2.24) is 5.32 Å². The highest BCUT2D eigenvalue weighted by Gasteiger charge is 2.13. The fourth-order valence-electron chi connectivity index (χ4n) is 0.856. The summed E-state index contributed by atoms with van der Waals surface area (Å²) in [7, 11) is 1.43. The average molecular weight is 266 g/mol. The summed E-state index contributed by atoms with van der Waals surface area (Å²) in [6.07, 6.45) is 0. The maximum absolute atomic E-state index is 13.3. The molecule has 1 aromatic rings. The minimum atomic E-state index is -0.608. The Morgan fingerprint density at radius 1 is 1.62 bits per heavy atom. The molecule has 5 heteroatoms. The van der Waals surface area contributed by atoms with E-state index in [-0.39, 0.29) is 10.0 Å². The molecule has 0 aliphatic carbocycles. The molecule has 0 aromatic heterocycles. The number of carbonyl (C=O) groups excluding carboxylic acids is 1. The van der Waals surface area contributed by atoms with Crippen molar-refractivity contribution in [3.8, 4) is 0 Å². The summed E-state index contributed by atoms with van der Waals surface area (Å²) in [6, 6.07) is 2.67. The highest BCUT2D eigenvalue weighted by atomic mass is 79.9. The predicted molar refractivity (Wildman–Crippen MR) is 52.5 cm³/mol. The van der Waals surface area contributed by atoms with E-state index < -0.39 is 11.7 Å². The first-order chi connectivity index (χ1) is 6.06. The molecular weight excluding hydrogens is 260 g/mol. The van der Waals surface area contributed by atoms with E-state index >= 15 is 0 Å². The minimum absolute atomic E-state index is 0.0677. The van der Waals surface area contributed by atoms with Crippen LogP contribution >= 0.6 is 27.5 Å². The van der Waals surface area contributed by atoms with Gasteiger partial charge in [-0.3, -0.25) is 4.79 Å². The van der Waals surface area contributed by atoms with Crippen LogP contribution in [0.25, 0.3) is 0 Å². The summed E-state index contributed by atoms with van der Waals surface area (Å²) in [6.45, 7) is 0. The molecule has 1 amide bonds. The summed E-state index contributed by atoms with van der Waals surface area (Å²) < 4.78 is 13.4. The van der Waals surface area contributed by atoms with Crippen LogP contribution in [0.15, 0.2) is 16.6 Å². The van der Waals surface area contributed by atoms with Crippen LogP contribution in [0.3, 0.4) is 0 Å². The molecule has 0 saturated carbocycles. The Kier molecular flexibility index (Phi) is 3.27. The fraction of sp³-hybridized carbons (Fsp3) is 0.125. The molecule has 2 nitrogen and oxygen atoms in total. The summed E-state index contributed by atoms with van der Waals surface area (Å²) in [5.74, 6) is -1.11. The molecule has 1 aromatic carbocycles. The second-order valence-electron chi connectivity index (χ2n) is 2.33. The molecule has 13 heavy (non-hydrogen) atoms. The Bertz CT molecular complexity index is 356. The van der Waals surface area contributed by atoms with Crippen molar-refractivity contribution < 1.29 is 9.18 Å². The number of nitrogens with one attached hydrogen (secondary N) is 1. The molecular formula is C8H6BrClFNO. The molecule has 0 heterocycles. The van der Waals surface area contributed by atoms with Crippen LogP contribution in [-0.4, -0.2) is 13.0 Å². The lowest BCUT2D eigenvalue weighted by Crippen LogP contribution is -2.19. The van der Waals surface area contributed by atoms with Gasteiger partial charge in [0.05, 0.1) is 10.0 Å². The first kappa shape index (κ1) is 10.5. The first-order valence-electron chi connectivity index (χ1n) is 3.43. The highest BCUT2D eigenvalue weighted by molar-refractivity contribution is 9.10. The van der Waals surface area contributed by atoms with E-state index in [4.69, 9.17) is 11.6 Å². The van der Waals surface area contributed by atoms with Crippen LogP contribution in [0.2, 0.25) is 5.02 Å². The zero-order valence-corrected chi connectivity index (χ0v) is 9.04. The Morgan fingerprint density at radius 3 is 2.77 bits per heavy atom. The number of hydrogen-bond acceptors (Lipinski definition) is 1. The lowest BCUT2D eigenvalue weighted by Gasteiger charge is -2.03. The predicted octanol–water partition coefficient (Wildman–Crippen LogP) is 2.60. The van der Waals surface area contributed by atoms with Gasteiger partial charge in [-0.2, -0.15) is 0 Å². The van der Waals surface area contributed by atoms with Crippen molar-refractivity contribution in [2.45, 2.75) is 0 Å². The van der Waals surface area contributed by atoms with E-state index in [0.29, 0.717) is 5.02 Å². The van der Waals surface area contributed by atoms with Gasteiger partial charge in [-0.1, -0.05) is 11.6 Å². The number of benzene rings is 1. The molecule has 0 bridgehead atoms. The SMILES string of the molecule is CNC(=O)c1cc(Cl)cc(Br)c1F. The normalized spacial score (nSPS) is 9.85. The van der Waals surface area contributed by atoms with Crippen LogP contribution in [0.5, 0.6) is 0 Å². The van der Waals surface area contributed by atoms with E-state index in [1.807, 2.05) is 0 Å². The molecule has 0 aliphatic heterocycles. The van der Waals surface area contributed by atoms with Crippen LogP contribution in [-0.2, 0) is 0 Å². The molecule has 0 spiro atoms. The van der Waals surface area contributed by atoms with Crippen molar-refractivity contribution >= 4 is 33.4 Å². The van der Waals surface area contributed by atoms with Gasteiger partial charge in [-0.15, -0.1) is 0 Å². The van der Waals surface area contributed by atoms with Gasteiger partial charge in [0, 0.05) is 12.1 Å². The number of hydrogen-bond donors (Lipinski definition) is 1. The largest absolute Gasteiger partial charge is 0.355 e. The zero-order valence-electron chi connectivity index (χ0n) is 6.70. The van der Waals surface area contributed by atoms with Gasteiger partial charge < -0.3 is 5.32 Å². The smallest absolute Gasteiger partial charge is 0.254 e. The third kappa shape index (κ3) is 2.19. The lowest BCUT2D eigenvalue weighted by atomic mass is 10.2. The Hall–Kier alpha value is -0.610. The van der Waals surface area contributed by atoms with Gasteiger partial charge in [-0.25, -0.2) is 4.39 Å². The lowest BCUT2D eigenvalue weighted by molar-refractivity contribution is 0.0959.